The molecule has 0 unspecified atom stereocenters. The van der Waals surface area contributed by atoms with Crippen LogP contribution in [-0.4, -0.2) is 10.0 Å². The third-order valence-corrected chi connectivity index (χ3v) is 1.08. The zero-order valence-electron chi connectivity index (χ0n) is 5.43. The minimum Gasteiger partial charge on any atom is -0.502 e. The lowest BCUT2D eigenvalue weighted by Gasteiger charge is -1.91. The average molecular weight is 220 g/mol. The van der Waals surface area contributed by atoms with Crippen LogP contribution in [0.25, 0.3) is 0 Å². The van der Waals surface area contributed by atoms with Crippen molar-refractivity contribution >= 4 is 22.7 Å². The van der Waals surface area contributed by atoms with E-state index in [0.717, 1.165) is 0 Å². The van der Waals surface area contributed by atoms with Crippen molar-refractivity contribution < 1.29 is 10.0 Å². The lowest BCUT2D eigenvalue weighted by atomic mass is 10.3. The van der Waals surface area contributed by atoms with Gasteiger partial charge in [-0.05, 0) is 6.07 Å². The largest absolute Gasteiger partial charge is 0.502 e. The first-order chi connectivity index (χ1) is 4.72. The number of phenols is 1. The topological polar surface area (TPSA) is 63.4 Å². The first kappa shape index (κ1) is 9.90. The second kappa shape index (κ2) is 3.92. The van der Waals surface area contributed by atoms with Crippen LogP contribution in [0.5, 0.6) is 5.75 Å². The number of halogens is 1. The van der Waals surface area contributed by atoms with Gasteiger partial charge in [-0.25, -0.2) is 0 Å². The SMILES string of the molecule is Br.O=[N+]([O-])c1ccccc1O. The van der Waals surface area contributed by atoms with Crippen LogP contribution in [0.4, 0.5) is 5.69 Å². The van der Waals surface area contributed by atoms with Crippen molar-refractivity contribution in [1.29, 1.82) is 0 Å². The number of benzene rings is 1. The first-order valence-electron chi connectivity index (χ1n) is 2.64. The second-order valence-corrected chi connectivity index (χ2v) is 1.75. The predicted octanol–water partition coefficient (Wildman–Crippen LogP) is 1.88. The lowest BCUT2D eigenvalue weighted by Crippen LogP contribution is -1.86. The zero-order chi connectivity index (χ0) is 7.56. The molecule has 0 aliphatic carbocycles. The molecule has 1 N–H and O–H groups in total. The third-order valence-electron chi connectivity index (χ3n) is 1.08. The van der Waals surface area contributed by atoms with Crippen LogP contribution in [-0.2, 0) is 0 Å². The molecule has 60 valence electrons. The Labute approximate surface area is 73.4 Å². The molecule has 1 aromatic rings. The van der Waals surface area contributed by atoms with Crippen molar-refractivity contribution in [1.82, 2.24) is 0 Å². The van der Waals surface area contributed by atoms with E-state index in [1.165, 1.54) is 24.3 Å². The summed E-state index contributed by atoms with van der Waals surface area (Å²) in [5.74, 6) is -0.299. The zero-order valence-corrected chi connectivity index (χ0v) is 7.14. The van der Waals surface area contributed by atoms with Gasteiger partial charge < -0.3 is 5.11 Å². The van der Waals surface area contributed by atoms with Crippen LogP contribution < -0.4 is 0 Å². The monoisotopic (exact) mass is 219 g/mol. The summed E-state index contributed by atoms with van der Waals surface area (Å²) in [6.45, 7) is 0. The summed E-state index contributed by atoms with van der Waals surface area (Å²) in [5, 5.41) is 18.9. The van der Waals surface area contributed by atoms with Crippen molar-refractivity contribution in [3.63, 3.8) is 0 Å². The highest BCUT2D eigenvalue weighted by atomic mass is 79.9. The van der Waals surface area contributed by atoms with Crippen LogP contribution in [0.15, 0.2) is 24.3 Å². The van der Waals surface area contributed by atoms with Gasteiger partial charge in [-0.3, -0.25) is 10.1 Å². The summed E-state index contributed by atoms with van der Waals surface area (Å²) in [4.78, 5) is 9.44. The van der Waals surface area contributed by atoms with E-state index in [1.54, 1.807) is 0 Å². The Morgan fingerprint density at radius 2 is 1.91 bits per heavy atom. The minimum absolute atomic E-state index is 0. The van der Waals surface area contributed by atoms with Gasteiger partial charge in [-0.1, -0.05) is 12.1 Å². The molecule has 0 heterocycles. The highest BCUT2D eigenvalue weighted by Crippen LogP contribution is 2.23. The number of rotatable bonds is 1. The molecule has 0 saturated heterocycles. The van der Waals surface area contributed by atoms with Crippen LogP contribution in [0.2, 0.25) is 0 Å². The highest BCUT2D eigenvalue weighted by molar-refractivity contribution is 8.93. The molecule has 0 aliphatic heterocycles. The van der Waals surface area contributed by atoms with Crippen molar-refractivity contribution in [2.24, 2.45) is 0 Å². The van der Waals surface area contributed by atoms with Gasteiger partial charge in [-0.15, -0.1) is 17.0 Å². The molecule has 0 radical (unpaired) electrons. The van der Waals surface area contributed by atoms with Gasteiger partial charge in [-0.2, -0.15) is 0 Å². The fraction of sp³-hybridized carbons (Fsp3) is 0. The fourth-order valence-corrected chi connectivity index (χ4v) is 0.619. The van der Waals surface area contributed by atoms with E-state index >= 15 is 0 Å². The molecule has 5 heteroatoms. The van der Waals surface area contributed by atoms with Gasteiger partial charge in [0.15, 0.2) is 5.75 Å². The van der Waals surface area contributed by atoms with Gasteiger partial charge in [0.25, 0.3) is 0 Å². The molecule has 1 aromatic carbocycles. The maximum Gasteiger partial charge on any atom is 0.310 e. The third kappa shape index (κ3) is 2.19. The Kier molecular flexibility index (Phi) is 3.53. The molecule has 0 aliphatic rings. The summed E-state index contributed by atoms with van der Waals surface area (Å²) in [6, 6.07) is 5.55. The van der Waals surface area contributed by atoms with E-state index in [1.807, 2.05) is 0 Å². The first-order valence-corrected chi connectivity index (χ1v) is 2.64. The van der Waals surface area contributed by atoms with Crippen LogP contribution in [0, 0.1) is 10.1 Å². The van der Waals surface area contributed by atoms with Gasteiger partial charge in [0.2, 0.25) is 0 Å². The molecule has 0 bridgehead atoms. The standard InChI is InChI=1S/C6H5NO3.BrH/c8-6-4-2-1-3-5(6)7(9)10;/h1-4,8H;1H. The minimum atomic E-state index is -0.630. The van der Waals surface area contributed by atoms with Crippen molar-refractivity contribution in [2.75, 3.05) is 0 Å². The Bertz CT molecular complexity index is 264. The summed E-state index contributed by atoms with van der Waals surface area (Å²) in [7, 11) is 0. The van der Waals surface area contributed by atoms with Crippen LogP contribution in [0.1, 0.15) is 0 Å². The van der Waals surface area contributed by atoms with E-state index in [4.69, 9.17) is 5.11 Å². The number of nitro groups is 1. The molecule has 11 heavy (non-hydrogen) atoms. The number of nitrogens with zero attached hydrogens (tertiary/aromatic N) is 1. The van der Waals surface area contributed by atoms with E-state index in [2.05, 4.69) is 0 Å². The van der Waals surface area contributed by atoms with Crippen molar-refractivity contribution in [2.45, 2.75) is 0 Å². The summed E-state index contributed by atoms with van der Waals surface area (Å²) < 4.78 is 0. The normalized spacial score (nSPS) is 8.36. The number of phenolic OH excluding ortho intramolecular Hbond substituents is 1. The maximum absolute atomic E-state index is 10.1. The number of hydrogen-bond donors (Lipinski definition) is 1. The molecule has 0 atom stereocenters. The van der Waals surface area contributed by atoms with E-state index in [0.29, 0.717) is 0 Å². The maximum atomic E-state index is 10.1. The molecule has 1 rings (SSSR count). The molecule has 0 aromatic heterocycles. The summed E-state index contributed by atoms with van der Waals surface area (Å²) in [6.07, 6.45) is 0. The van der Waals surface area contributed by atoms with Crippen LogP contribution >= 0.6 is 17.0 Å². The smallest absolute Gasteiger partial charge is 0.310 e. The van der Waals surface area contributed by atoms with Crippen molar-refractivity contribution in [3.05, 3.63) is 34.4 Å². The molecular weight excluding hydrogens is 214 g/mol. The van der Waals surface area contributed by atoms with E-state index < -0.39 is 4.92 Å². The summed E-state index contributed by atoms with van der Waals surface area (Å²) >= 11 is 0. The predicted molar refractivity (Wildman–Crippen MR) is 45.1 cm³/mol. The quantitative estimate of drug-likeness (QED) is 0.580. The number of para-hydroxylation sites is 2. The van der Waals surface area contributed by atoms with Gasteiger partial charge in [0.1, 0.15) is 0 Å². The second-order valence-electron chi connectivity index (χ2n) is 1.75. The highest BCUT2D eigenvalue weighted by Gasteiger charge is 2.09. The summed E-state index contributed by atoms with van der Waals surface area (Å²) in [5.41, 5.74) is -0.262. The Morgan fingerprint density at radius 1 is 1.36 bits per heavy atom. The Balaban J connectivity index is 0.000001000. The van der Waals surface area contributed by atoms with Gasteiger partial charge in [0, 0.05) is 6.07 Å². The molecule has 0 amide bonds. The lowest BCUT2D eigenvalue weighted by molar-refractivity contribution is -0.385. The molecular formula is C6H6BrNO3. The number of hydrogen-bond acceptors (Lipinski definition) is 3. The number of aromatic hydroxyl groups is 1. The van der Waals surface area contributed by atoms with E-state index in [-0.39, 0.29) is 28.4 Å². The van der Waals surface area contributed by atoms with Gasteiger partial charge >= 0.3 is 5.69 Å². The molecule has 0 saturated carbocycles. The fourth-order valence-electron chi connectivity index (χ4n) is 0.619. The Hall–Kier alpha value is -1.10. The van der Waals surface area contributed by atoms with Crippen molar-refractivity contribution in [3.8, 4) is 5.75 Å². The molecule has 0 fully saturated rings. The Morgan fingerprint density at radius 3 is 2.27 bits per heavy atom. The van der Waals surface area contributed by atoms with E-state index in [9.17, 15) is 10.1 Å². The average Bonchev–Trinajstić information content (AvgIpc) is 1.88. The molecule has 4 nitrogen and oxygen atoms in total. The van der Waals surface area contributed by atoms with Crippen LogP contribution in [0.3, 0.4) is 0 Å². The molecule has 0 spiro atoms. The number of nitro benzene ring substituents is 1. The van der Waals surface area contributed by atoms with Gasteiger partial charge in [0.05, 0.1) is 4.92 Å².